The summed E-state index contributed by atoms with van der Waals surface area (Å²) in [7, 11) is 0. The summed E-state index contributed by atoms with van der Waals surface area (Å²) >= 11 is 0. The van der Waals surface area contributed by atoms with Gasteiger partial charge in [-0.1, -0.05) is 19.3 Å². The van der Waals surface area contributed by atoms with E-state index in [2.05, 4.69) is 5.32 Å². The number of amides is 3. The monoisotopic (exact) mass is 251 g/mol. The maximum Gasteiger partial charge on any atom is 0.325 e. The molecular weight excluding hydrogens is 230 g/mol. The molecule has 3 amide bonds. The lowest BCUT2D eigenvalue weighted by atomic mass is 9.96. The Balaban J connectivity index is 1.84. The SMILES string of the molecule is NCC1CCCC1N1C(=O)NC2(CCCC2)C1=O. The maximum atomic E-state index is 12.6. The Bertz CT molecular complexity index is 376. The minimum absolute atomic E-state index is 0.00958. The van der Waals surface area contributed by atoms with E-state index in [0.29, 0.717) is 6.54 Å². The van der Waals surface area contributed by atoms with Crippen LogP contribution in [0.15, 0.2) is 0 Å². The van der Waals surface area contributed by atoms with Gasteiger partial charge in [-0.2, -0.15) is 0 Å². The van der Waals surface area contributed by atoms with Crippen molar-refractivity contribution in [3.8, 4) is 0 Å². The van der Waals surface area contributed by atoms with Crippen molar-refractivity contribution < 1.29 is 9.59 Å². The summed E-state index contributed by atoms with van der Waals surface area (Å²) < 4.78 is 0. The number of urea groups is 1. The van der Waals surface area contributed by atoms with E-state index in [1.807, 2.05) is 0 Å². The van der Waals surface area contributed by atoms with Gasteiger partial charge in [0, 0.05) is 6.04 Å². The quantitative estimate of drug-likeness (QED) is 0.718. The van der Waals surface area contributed by atoms with E-state index in [1.165, 1.54) is 4.90 Å². The number of carbonyl (C=O) groups is 2. The molecule has 18 heavy (non-hydrogen) atoms. The van der Waals surface area contributed by atoms with Crippen molar-refractivity contribution in [2.24, 2.45) is 11.7 Å². The molecule has 0 bridgehead atoms. The van der Waals surface area contributed by atoms with E-state index >= 15 is 0 Å². The van der Waals surface area contributed by atoms with Crippen LogP contribution in [-0.2, 0) is 4.79 Å². The van der Waals surface area contributed by atoms with Crippen LogP contribution in [0.3, 0.4) is 0 Å². The van der Waals surface area contributed by atoms with Crippen molar-refractivity contribution in [1.82, 2.24) is 10.2 Å². The first-order chi connectivity index (χ1) is 8.68. The molecule has 1 saturated heterocycles. The second-order valence-corrected chi connectivity index (χ2v) is 5.89. The van der Waals surface area contributed by atoms with Gasteiger partial charge in [0.05, 0.1) is 0 Å². The number of nitrogens with zero attached hydrogens (tertiary/aromatic N) is 1. The molecule has 0 aromatic rings. The molecule has 0 aromatic carbocycles. The summed E-state index contributed by atoms with van der Waals surface area (Å²) in [5.74, 6) is 0.298. The van der Waals surface area contributed by atoms with Crippen molar-refractivity contribution >= 4 is 11.9 Å². The summed E-state index contributed by atoms with van der Waals surface area (Å²) in [5.41, 5.74) is 5.19. The van der Waals surface area contributed by atoms with E-state index in [4.69, 9.17) is 5.73 Å². The molecule has 3 N–H and O–H groups in total. The Morgan fingerprint density at radius 1 is 1.22 bits per heavy atom. The molecule has 1 heterocycles. The number of hydrogen-bond acceptors (Lipinski definition) is 3. The normalized spacial score (nSPS) is 34.6. The molecule has 2 unspecified atom stereocenters. The molecule has 0 radical (unpaired) electrons. The van der Waals surface area contributed by atoms with Gasteiger partial charge in [0.1, 0.15) is 5.54 Å². The lowest BCUT2D eigenvalue weighted by molar-refractivity contribution is -0.133. The van der Waals surface area contributed by atoms with E-state index in [9.17, 15) is 9.59 Å². The second kappa shape index (κ2) is 4.23. The minimum atomic E-state index is -0.571. The van der Waals surface area contributed by atoms with Crippen LogP contribution in [0.5, 0.6) is 0 Å². The lowest BCUT2D eigenvalue weighted by Gasteiger charge is -2.27. The summed E-state index contributed by atoms with van der Waals surface area (Å²) in [6.07, 6.45) is 6.68. The first-order valence-electron chi connectivity index (χ1n) is 7.04. The van der Waals surface area contributed by atoms with Gasteiger partial charge in [-0.3, -0.25) is 9.69 Å². The molecule has 2 atom stereocenters. The molecule has 0 aromatic heterocycles. The molecule has 2 aliphatic carbocycles. The number of rotatable bonds is 2. The van der Waals surface area contributed by atoms with Gasteiger partial charge in [0.25, 0.3) is 5.91 Å². The topological polar surface area (TPSA) is 75.4 Å². The number of imide groups is 1. The smallest absolute Gasteiger partial charge is 0.325 e. The van der Waals surface area contributed by atoms with E-state index in [1.54, 1.807) is 0 Å². The summed E-state index contributed by atoms with van der Waals surface area (Å²) in [6, 6.07) is -0.158. The molecule has 100 valence electrons. The fraction of sp³-hybridized carbons (Fsp3) is 0.846. The Labute approximate surface area is 107 Å². The van der Waals surface area contributed by atoms with Crippen LogP contribution in [0.2, 0.25) is 0 Å². The first kappa shape index (κ1) is 12.0. The Hall–Kier alpha value is -1.10. The molecule has 5 nitrogen and oxygen atoms in total. The van der Waals surface area contributed by atoms with Crippen LogP contribution >= 0.6 is 0 Å². The molecule has 3 aliphatic rings. The van der Waals surface area contributed by atoms with Crippen LogP contribution in [0.1, 0.15) is 44.9 Å². The first-order valence-corrected chi connectivity index (χ1v) is 7.04. The van der Waals surface area contributed by atoms with Crippen LogP contribution in [0.25, 0.3) is 0 Å². The third-order valence-corrected chi connectivity index (χ3v) is 4.90. The summed E-state index contributed by atoms with van der Waals surface area (Å²) in [4.78, 5) is 26.2. The Morgan fingerprint density at radius 3 is 2.61 bits per heavy atom. The number of nitrogens with two attached hydrogens (primary N) is 1. The van der Waals surface area contributed by atoms with Crippen LogP contribution in [0.4, 0.5) is 4.79 Å². The van der Waals surface area contributed by atoms with Gasteiger partial charge in [0.15, 0.2) is 0 Å². The average molecular weight is 251 g/mol. The highest BCUT2D eigenvalue weighted by Crippen LogP contribution is 2.39. The standard InChI is InChI=1S/C13H21N3O2/c14-8-9-4-3-5-10(9)16-11(17)13(15-12(16)18)6-1-2-7-13/h9-10H,1-8,14H2,(H,15,18). The van der Waals surface area contributed by atoms with Gasteiger partial charge >= 0.3 is 6.03 Å². The largest absolute Gasteiger partial charge is 0.330 e. The number of hydrogen-bond donors (Lipinski definition) is 2. The fourth-order valence-electron chi connectivity index (χ4n) is 3.89. The zero-order valence-corrected chi connectivity index (χ0v) is 10.7. The molecular formula is C13H21N3O2. The highest BCUT2D eigenvalue weighted by Gasteiger charge is 2.55. The predicted molar refractivity (Wildman–Crippen MR) is 66.8 cm³/mol. The molecule has 3 rings (SSSR count). The predicted octanol–water partition coefficient (Wildman–Crippen LogP) is 0.978. The third kappa shape index (κ3) is 1.56. The summed E-state index contributed by atoms with van der Waals surface area (Å²) in [6.45, 7) is 0.564. The van der Waals surface area contributed by atoms with Crippen molar-refractivity contribution in [2.45, 2.75) is 56.5 Å². The highest BCUT2D eigenvalue weighted by atomic mass is 16.2. The molecule has 3 fully saturated rings. The second-order valence-electron chi connectivity index (χ2n) is 5.89. The Kier molecular flexibility index (Phi) is 2.81. The molecule has 1 aliphatic heterocycles. The van der Waals surface area contributed by atoms with Crippen molar-refractivity contribution in [2.75, 3.05) is 6.54 Å². The lowest BCUT2D eigenvalue weighted by Crippen LogP contribution is -2.47. The fourth-order valence-corrected chi connectivity index (χ4v) is 3.89. The Morgan fingerprint density at radius 2 is 1.94 bits per heavy atom. The zero-order chi connectivity index (χ0) is 12.8. The van der Waals surface area contributed by atoms with Crippen molar-refractivity contribution in [3.63, 3.8) is 0 Å². The van der Waals surface area contributed by atoms with E-state index in [0.717, 1.165) is 44.9 Å². The molecule has 5 heteroatoms. The van der Waals surface area contributed by atoms with E-state index < -0.39 is 5.54 Å². The molecule has 1 spiro atoms. The van der Waals surface area contributed by atoms with Crippen molar-refractivity contribution in [3.05, 3.63) is 0 Å². The van der Waals surface area contributed by atoms with Gasteiger partial charge in [-0.05, 0) is 38.1 Å². The summed E-state index contributed by atoms with van der Waals surface area (Å²) in [5, 5.41) is 2.95. The van der Waals surface area contributed by atoms with Gasteiger partial charge in [-0.15, -0.1) is 0 Å². The van der Waals surface area contributed by atoms with E-state index in [-0.39, 0.29) is 23.9 Å². The van der Waals surface area contributed by atoms with Crippen LogP contribution in [-0.4, -0.2) is 35.0 Å². The van der Waals surface area contributed by atoms with Crippen molar-refractivity contribution in [1.29, 1.82) is 0 Å². The molecule has 2 saturated carbocycles. The van der Waals surface area contributed by atoms with Crippen LogP contribution < -0.4 is 11.1 Å². The van der Waals surface area contributed by atoms with Gasteiger partial charge < -0.3 is 11.1 Å². The minimum Gasteiger partial charge on any atom is -0.330 e. The van der Waals surface area contributed by atoms with Crippen LogP contribution in [0, 0.1) is 5.92 Å². The average Bonchev–Trinajstić information content (AvgIpc) is 3.02. The van der Waals surface area contributed by atoms with Gasteiger partial charge in [0.2, 0.25) is 0 Å². The van der Waals surface area contributed by atoms with Gasteiger partial charge in [-0.25, -0.2) is 4.79 Å². The zero-order valence-electron chi connectivity index (χ0n) is 10.7. The third-order valence-electron chi connectivity index (χ3n) is 4.90. The highest BCUT2D eigenvalue weighted by molar-refractivity contribution is 6.07. The number of nitrogens with one attached hydrogen (secondary N) is 1. The maximum absolute atomic E-state index is 12.6. The number of carbonyl (C=O) groups excluding carboxylic acids is 2.